The van der Waals surface area contributed by atoms with E-state index in [0.717, 1.165) is 20.1 Å². The summed E-state index contributed by atoms with van der Waals surface area (Å²) in [6, 6.07) is 20.0. The minimum atomic E-state index is 0.630. The lowest BCUT2D eigenvalue weighted by atomic mass is 10.1. The van der Waals surface area contributed by atoms with Gasteiger partial charge in [0, 0.05) is 19.6 Å². The Morgan fingerprint density at radius 3 is 2.52 bits per heavy atom. The van der Waals surface area contributed by atoms with Gasteiger partial charge in [0.25, 0.3) is 0 Å². The monoisotopic (exact) mass is 355 g/mol. The van der Waals surface area contributed by atoms with Crippen LogP contribution in [0.4, 0.5) is 5.69 Å². The fraction of sp³-hybridized carbons (Fsp3) is 0. The molecule has 0 saturated heterocycles. The topological polar surface area (TPSA) is 29.4 Å². The number of rotatable bonds is 3. The van der Waals surface area contributed by atoms with Crippen molar-refractivity contribution in [1.29, 1.82) is 0 Å². The number of hydrogen-bond acceptors (Lipinski definition) is 3. The molecular formula is C17H10BrNOS. The second-order valence-electron chi connectivity index (χ2n) is 4.36. The number of benzene rings is 3. The molecule has 3 aromatic rings. The summed E-state index contributed by atoms with van der Waals surface area (Å²) in [6.07, 6.45) is 1.62. The highest BCUT2D eigenvalue weighted by Gasteiger charge is 2.09. The first-order chi connectivity index (χ1) is 10.3. The minimum Gasteiger partial charge on any atom is -0.211 e. The Balaban J connectivity index is 2.19. The van der Waals surface area contributed by atoms with Gasteiger partial charge in [-0.1, -0.05) is 58.0 Å². The van der Waals surface area contributed by atoms with Crippen LogP contribution in [0.1, 0.15) is 0 Å². The maximum Gasteiger partial charge on any atom is 0.240 e. The highest BCUT2D eigenvalue weighted by atomic mass is 79.9. The predicted octanol–water partition coefficient (Wildman–Crippen LogP) is 5.72. The molecule has 0 saturated carbocycles. The first-order valence-electron chi connectivity index (χ1n) is 6.31. The summed E-state index contributed by atoms with van der Waals surface area (Å²) < 4.78 is 0.921. The van der Waals surface area contributed by atoms with Crippen LogP contribution in [-0.2, 0) is 4.79 Å². The van der Waals surface area contributed by atoms with Crippen LogP contribution in [0, 0.1) is 0 Å². The second-order valence-corrected chi connectivity index (χ2v) is 6.33. The first-order valence-corrected chi connectivity index (χ1v) is 7.92. The third kappa shape index (κ3) is 2.93. The zero-order chi connectivity index (χ0) is 14.7. The molecule has 0 aliphatic heterocycles. The molecule has 0 atom stereocenters. The van der Waals surface area contributed by atoms with Crippen molar-refractivity contribution in [2.45, 2.75) is 9.79 Å². The Morgan fingerprint density at radius 2 is 1.76 bits per heavy atom. The highest BCUT2D eigenvalue weighted by molar-refractivity contribution is 9.10. The summed E-state index contributed by atoms with van der Waals surface area (Å²) in [5.41, 5.74) is 0.630. The molecule has 2 nitrogen and oxygen atoms in total. The lowest BCUT2D eigenvalue weighted by Crippen LogP contribution is -1.81. The molecule has 21 heavy (non-hydrogen) atoms. The van der Waals surface area contributed by atoms with Gasteiger partial charge in [0.05, 0.1) is 5.69 Å². The van der Waals surface area contributed by atoms with Crippen molar-refractivity contribution < 1.29 is 4.79 Å². The van der Waals surface area contributed by atoms with Crippen molar-refractivity contribution in [2.24, 2.45) is 4.99 Å². The van der Waals surface area contributed by atoms with E-state index in [9.17, 15) is 4.79 Å². The average Bonchev–Trinajstić information content (AvgIpc) is 2.51. The van der Waals surface area contributed by atoms with Gasteiger partial charge in [0.15, 0.2) is 0 Å². The molecule has 0 spiro atoms. The van der Waals surface area contributed by atoms with E-state index in [1.807, 2.05) is 48.5 Å². The van der Waals surface area contributed by atoms with Crippen LogP contribution in [0.3, 0.4) is 0 Å². The van der Waals surface area contributed by atoms with Crippen LogP contribution < -0.4 is 0 Å². The standard InChI is InChI=1S/C17H10BrNOS/c18-14-8-4-7-13-16(21-12-5-2-1-3-6-12)10-9-15(17(13)14)19-11-20/h1-10H. The molecule has 102 valence electrons. The first kappa shape index (κ1) is 14.1. The SMILES string of the molecule is O=C=Nc1ccc(Sc2ccccc2)c2cccc(Br)c12. The average molecular weight is 356 g/mol. The van der Waals surface area contributed by atoms with E-state index < -0.39 is 0 Å². The molecule has 0 amide bonds. The molecule has 3 rings (SSSR count). The summed E-state index contributed by atoms with van der Waals surface area (Å²) in [7, 11) is 0. The quantitative estimate of drug-likeness (QED) is 0.444. The summed E-state index contributed by atoms with van der Waals surface area (Å²) in [5.74, 6) is 0. The summed E-state index contributed by atoms with van der Waals surface area (Å²) in [5, 5.41) is 2.00. The lowest BCUT2D eigenvalue weighted by Gasteiger charge is -2.09. The fourth-order valence-corrected chi connectivity index (χ4v) is 3.70. The normalized spacial score (nSPS) is 10.3. The maximum absolute atomic E-state index is 10.6. The van der Waals surface area contributed by atoms with Gasteiger partial charge in [-0.15, -0.1) is 0 Å². The number of nitrogens with zero attached hydrogens (tertiary/aromatic N) is 1. The van der Waals surface area contributed by atoms with E-state index in [0.29, 0.717) is 5.69 Å². The number of carbonyl (C=O) groups excluding carboxylic acids is 1. The van der Waals surface area contributed by atoms with Crippen molar-refractivity contribution in [2.75, 3.05) is 0 Å². The Hall–Kier alpha value is -1.87. The van der Waals surface area contributed by atoms with Crippen LogP contribution in [0.5, 0.6) is 0 Å². The summed E-state index contributed by atoms with van der Waals surface area (Å²) in [6.45, 7) is 0. The van der Waals surface area contributed by atoms with Gasteiger partial charge in [-0.25, -0.2) is 4.79 Å². The van der Waals surface area contributed by atoms with Crippen molar-refractivity contribution >= 4 is 50.2 Å². The van der Waals surface area contributed by atoms with Gasteiger partial charge in [-0.05, 0) is 35.7 Å². The Morgan fingerprint density at radius 1 is 0.952 bits per heavy atom. The molecular weight excluding hydrogens is 346 g/mol. The molecule has 4 heteroatoms. The van der Waals surface area contributed by atoms with Gasteiger partial charge in [-0.2, -0.15) is 4.99 Å². The number of halogens is 1. The largest absolute Gasteiger partial charge is 0.240 e. The van der Waals surface area contributed by atoms with Crippen molar-refractivity contribution in [3.63, 3.8) is 0 Å². The number of fused-ring (bicyclic) bond motifs is 1. The molecule has 0 unspecified atom stereocenters. The van der Waals surface area contributed by atoms with Gasteiger partial charge in [-0.3, -0.25) is 0 Å². The van der Waals surface area contributed by atoms with Gasteiger partial charge in [0.2, 0.25) is 6.08 Å². The van der Waals surface area contributed by atoms with E-state index >= 15 is 0 Å². The van der Waals surface area contributed by atoms with Crippen LogP contribution in [0.25, 0.3) is 10.8 Å². The van der Waals surface area contributed by atoms with Gasteiger partial charge in [0.1, 0.15) is 0 Å². The van der Waals surface area contributed by atoms with Crippen LogP contribution in [0.15, 0.2) is 79.9 Å². The zero-order valence-electron chi connectivity index (χ0n) is 10.9. The lowest BCUT2D eigenvalue weighted by molar-refractivity contribution is 0.565. The van der Waals surface area contributed by atoms with E-state index in [1.165, 1.54) is 4.90 Å². The number of aliphatic imine (C=N–C) groups is 1. The summed E-state index contributed by atoms with van der Waals surface area (Å²) in [4.78, 5) is 16.7. The maximum atomic E-state index is 10.6. The second kappa shape index (κ2) is 6.27. The molecule has 0 aliphatic carbocycles. The molecule has 0 aromatic heterocycles. The molecule has 0 aliphatic rings. The van der Waals surface area contributed by atoms with Crippen molar-refractivity contribution in [3.8, 4) is 0 Å². The Bertz CT molecular complexity index is 842. The Labute approximate surface area is 135 Å². The van der Waals surface area contributed by atoms with Crippen LogP contribution in [0.2, 0.25) is 0 Å². The minimum absolute atomic E-state index is 0.630. The van der Waals surface area contributed by atoms with E-state index in [-0.39, 0.29) is 0 Å². The molecule has 0 N–H and O–H groups in total. The Kier molecular flexibility index (Phi) is 4.20. The third-order valence-electron chi connectivity index (χ3n) is 3.06. The van der Waals surface area contributed by atoms with Crippen LogP contribution >= 0.6 is 27.7 Å². The van der Waals surface area contributed by atoms with E-state index in [2.05, 4.69) is 33.1 Å². The molecule has 0 bridgehead atoms. The van der Waals surface area contributed by atoms with E-state index in [4.69, 9.17) is 0 Å². The molecule has 0 fully saturated rings. The number of hydrogen-bond donors (Lipinski definition) is 0. The van der Waals surface area contributed by atoms with Gasteiger partial charge >= 0.3 is 0 Å². The van der Waals surface area contributed by atoms with Crippen LogP contribution in [-0.4, -0.2) is 6.08 Å². The fourth-order valence-electron chi connectivity index (χ4n) is 2.16. The van der Waals surface area contributed by atoms with Crippen molar-refractivity contribution in [3.05, 3.63) is 65.1 Å². The molecule has 0 radical (unpaired) electrons. The molecule has 3 aromatic carbocycles. The van der Waals surface area contributed by atoms with E-state index in [1.54, 1.807) is 17.8 Å². The summed E-state index contributed by atoms with van der Waals surface area (Å²) >= 11 is 5.23. The number of isocyanates is 1. The van der Waals surface area contributed by atoms with Gasteiger partial charge < -0.3 is 0 Å². The van der Waals surface area contributed by atoms with Crippen molar-refractivity contribution in [1.82, 2.24) is 0 Å². The third-order valence-corrected chi connectivity index (χ3v) is 4.81. The zero-order valence-corrected chi connectivity index (χ0v) is 13.3. The highest BCUT2D eigenvalue weighted by Crippen LogP contribution is 2.40. The molecule has 0 heterocycles. The smallest absolute Gasteiger partial charge is 0.211 e. The predicted molar refractivity (Wildman–Crippen MR) is 90.0 cm³/mol.